The van der Waals surface area contributed by atoms with Gasteiger partial charge in [0.15, 0.2) is 5.82 Å². The van der Waals surface area contributed by atoms with Crippen LogP contribution in [0.2, 0.25) is 0 Å². The Balaban J connectivity index is 2.02. The van der Waals surface area contributed by atoms with Crippen LogP contribution in [0.1, 0.15) is 24.4 Å². The van der Waals surface area contributed by atoms with Crippen LogP contribution in [0.4, 0.5) is 5.82 Å². The van der Waals surface area contributed by atoms with E-state index in [0.29, 0.717) is 0 Å². The Morgan fingerprint density at radius 1 is 1.21 bits per heavy atom. The predicted octanol–water partition coefficient (Wildman–Crippen LogP) is 2.67. The Labute approximate surface area is 118 Å². The average molecular weight is 276 g/mol. The van der Waals surface area contributed by atoms with Gasteiger partial charge in [-0.05, 0) is 37.0 Å². The minimum Gasteiger partial charge on any atom is -0.350 e. The van der Waals surface area contributed by atoms with Crippen LogP contribution >= 0.6 is 11.3 Å². The van der Waals surface area contributed by atoms with Gasteiger partial charge in [0.25, 0.3) is 0 Å². The molecule has 2 heterocycles. The molecule has 0 aromatic carbocycles. The van der Waals surface area contributed by atoms with Crippen molar-refractivity contribution in [2.75, 3.05) is 18.0 Å². The van der Waals surface area contributed by atoms with Crippen molar-refractivity contribution in [3.05, 3.63) is 40.2 Å². The Morgan fingerprint density at radius 2 is 2.11 bits per heavy atom. The maximum atomic E-state index is 4.32. The Hall–Kier alpha value is -1.46. The smallest absolute Gasteiger partial charge is 0.151 e. The lowest BCUT2D eigenvalue weighted by Crippen LogP contribution is -2.23. The molecule has 0 bridgehead atoms. The van der Waals surface area contributed by atoms with Crippen LogP contribution in [-0.4, -0.2) is 23.3 Å². The van der Waals surface area contributed by atoms with Gasteiger partial charge in [-0.15, -0.1) is 16.4 Å². The molecule has 0 aliphatic carbocycles. The normalized spacial score (nSPS) is 10.6. The minimum atomic E-state index is 0.779. The number of nitrogens with one attached hydrogen (secondary N) is 1. The number of hydrogen-bond acceptors (Lipinski definition) is 5. The first kappa shape index (κ1) is 14.0. The van der Waals surface area contributed by atoms with Crippen molar-refractivity contribution < 1.29 is 0 Å². The molecule has 0 aliphatic rings. The molecule has 0 saturated carbocycles. The molecule has 1 N–H and O–H groups in total. The number of anilines is 1. The molecule has 0 atom stereocenters. The summed E-state index contributed by atoms with van der Waals surface area (Å²) in [6.07, 6.45) is 0. The topological polar surface area (TPSA) is 41.0 Å². The van der Waals surface area contributed by atoms with Gasteiger partial charge in [0.1, 0.15) is 0 Å². The van der Waals surface area contributed by atoms with Gasteiger partial charge in [-0.2, -0.15) is 5.10 Å². The molecular formula is C14H20N4S. The lowest BCUT2D eigenvalue weighted by Gasteiger charge is -2.20. The second kappa shape index (κ2) is 7.21. The summed E-state index contributed by atoms with van der Waals surface area (Å²) in [4.78, 5) is 3.58. The molecule has 0 saturated heterocycles. The van der Waals surface area contributed by atoms with E-state index in [1.807, 2.05) is 6.07 Å². The van der Waals surface area contributed by atoms with Gasteiger partial charge >= 0.3 is 0 Å². The SMILES string of the molecule is CCNCc1ccc(N(CC)Cc2cccs2)nn1. The van der Waals surface area contributed by atoms with Crippen LogP contribution in [0, 0.1) is 0 Å². The van der Waals surface area contributed by atoms with E-state index in [2.05, 4.69) is 57.8 Å². The molecule has 2 aromatic rings. The number of thiophene rings is 1. The Bertz CT molecular complexity index is 467. The summed E-state index contributed by atoms with van der Waals surface area (Å²) in [6.45, 7) is 7.78. The number of nitrogens with zero attached hydrogens (tertiary/aromatic N) is 3. The summed E-state index contributed by atoms with van der Waals surface area (Å²) in [5.74, 6) is 0.941. The molecule has 102 valence electrons. The highest BCUT2D eigenvalue weighted by atomic mass is 32.1. The molecule has 4 nitrogen and oxygen atoms in total. The van der Waals surface area contributed by atoms with Crippen LogP contribution in [-0.2, 0) is 13.1 Å². The first-order chi connectivity index (χ1) is 9.33. The van der Waals surface area contributed by atoms with Crippen molar-refractivity contribution in [1.29, 1.82) is 0 Å². The van der Waals surface area contributed by atoms with Crippen molar-refractivity contribution in [3.63, 3.8) is 0 Å². The second-order valence-corrected chi connectivity index (χ2v) is 5.29. The fourth-order valence-electron chi connectivity index (χ4n) is 1.81. The Kier molecular flexibility index (Phi) is 5.30. The van der Waals surface area contributed by atoms with E-state index in [-0.39, 0.29) is 0 Å². The van der Waals surface area contributed by atoms with E-state index in [0.717, 1.165) is 37.7 Å². The highest BCUT2D eigenvalue weighted by molar-refractivity contribution is 7.09. The van der Waals surface area contributed by atoms with Crippen molar-refractivity contribution in [3.8, 4) is 0 Å². The zero-order valence-electron chi connectivity index (χ0n) is 11.5. The fourth-order valence-corrected chi connectivity index (χ4v) is 2.53. The number of aromatic nitrogens is 2. The largest absolute Gasteiger partial charge is 0.350 e. The summed E-state index contributed by atoms with van der Waals surface area (Å²) in [5.41, 5.74) is 0.984. The maximum absolute atomic E-state index is 4.32. The van der Waals surface area contributed by atoms with E-state index in [1.165, 1.54) is 4.88 Å². The van der Waals surface area contributed by atoms with Crippen LogP contribution < -0.4 is 10.2 Å². The standard InChI is InChI=1S/C14H20N4S/c1-3-15-10-12-7-8-14(17-16-12)18(4-2)11-13-6-5-9-19-13/h5-9,15H,3-4,10-11H2,1-2H3. The van der Waals surface area contributed by atoms with E-state index in [1.54, 1.807) is 11.3 Å². The van der Waals surface area contributed by atoms with Gasteiger partial charge < -0.3 is 10.2 Å². The highest BCUT2D eigenvalue weighted by Gasteiger charge is 2.08. The van der Waals surface area contributed by atoms with E-state index >= 15 is 0 Å². The third kappa shape index (κ3) is 4.01. The molecular weight excluding hydrogens is 256 g/mol. The Morgan fingerprint density at radius 3 is 2.68 bits per heavy atom. The third-order valence-corrected chi connectivity index (χ3v) is 3.76. The maximum Gasteiger partial charge on any atom is 0.151 e. The van der Waals surface area contributed by atoms with Gasteiger partial charge in [0.2, 0.25) is 0 Å². The van der Waals surface area contributed by atoms with Crippen molar-refractivity contribution in [2.24, 2.45) is 0 Å². The second-order valence-electron chi connectivity index (χ2n) is 4.26. The lowest BCUT2D eigenvalue weighted by atomic mass is 10.3. The summed E-state index contributed by atoms with van der Waals surface area (Å²) in [7, 11) is 0. The third-order valence-electron chi connectivity index (χ3n) is 2.89. The summed E-state index contributed by atoms with van der Waals surface area (Å²) in [6, 6.07) is 8.33. The average Bonchev–Trinajstić information content (AvgIpc) is 2.96. The van der Waals surface area contributed by atoms with Crippen LogP contribution in [0.5, 0.6) is 0 Å². The summed E-state index contributed by atoms with van der Waals surface area (Å²) >= 11 is 1.78. The number of hydrogen-bond donors (Lipinski definition) is 1. The molecule has 19 heavy (non-hydrogen) atoms. The van der Waals surface area contributed by atoms with Crippen molar-refractivity contribution in [1.82, 2.24) is 15.5 Å². The zero-order valence-corrected chi connectivity index (χ0v) is 12.3. The molecule has 0 amide bonds. The lowest BCUT2D eigenvalue weighted by molar-refractivity contribution is 0.694. The fraction of sp³-hybridized carbons (Fsp3) is 0.429. The van der Waals surface area contributed by atoms with E-state index in [9.17, 15) is 0 Å². The molecule has 5 heteroatoms. The first-order valence-electron chi connectivity index (χ1n) is 6.64. The number of rotatable bonds is 7. The molecule has 0 unspecified atom stereocenters. The van der Waals surface area contributed by atoms with Gasteiger partial charge in [-0.1, -0.05) is 13.0 Å². The quantitative estimate of drug-likeness (QED) is 0.844. The zero-order chi connectivity index (χ0) is 13.5. The first-order valence-corrected chi connectivity index (χ1v) is 7.52. The van der Waals surface area contributed by atoms with Crippen molar-refractivity contribution in [2.45, 2.75) is 26.9 Å². The van der Waals surface area contributed by atoms with Gasteiger partial charge in [0.05, 0.1) is 12.2 Å². The monoisotopic (exact) mass is 276 g/mol. The summed E-state index contributed by atoms with van der Waals surface area (Å²) in [5, 5.41) is 13.9. The molecule has 2 aromatic heterocycles. The molecule has 0 aliphatic heterocycles. The highest BCUT2D eigenvalue weighted by Crippen LogP contribution is 2.16. The molecule has 2 rings (SSSR count). The minimum absolute atomic E-state index is 0.779. The van der Waals surface area contributed by atoms with Gasteiger partial charge in [0, 0.05) is 18.0 Å². The predicted molar refractivity (Wildman–Crippen MR) is 80.5 cm³/mol. The van der Waals surface area contributed by atoms with E-state index in [4.69, 9.17) is 0 Å². The summed E-state index contributed by atoms with van der Waals surface area (Å²) < 4.78 is 0. The van der Waals surface area contributed by atoms with Gasteiger partial charge in [-0.25, -0.2) is 0 Å². The van der Waals surface area contributed by atoms with E-state index < -0.39 is 0 Å². The molecule has 0 radical (unpaired) electrons. The van der Waals surface area contributed by atoms with Crippen LogP contribution in [0.25, 0.3) is 0 Å². The van der Waals surface area contributed by atoms with Crippen LogP contribution in [0.3, 0.4) is 0 Å². The van der Waals surface area contributed by atoms with Crippen LogP contribution in [0.15, 0.2) is 29.6 Å². The molecule has 0 fully saturated rings. The van der Waals surface area contributed by atoms with Gasteiger partial charge in [-0.3, -0.25) is 0 Å². The molecule has 0 spiro atoms. The van der Waals surface area contributed by atoms with Crippen molar-refractivity contribution >= 4 is 17.2 Å².